The highest BCUT2D eigenvalue weighted by Gasteiger charge is 2.34. The van der Waals surface area contributed by atoms with Crippen molar-refractivity contribution in [2.45, 2.75) is 26.7 Å². The molecule has 1 rings (SSSR count). The van der Waals surface area contributed by atoms with Crippen LogP contribution in [0.3, 0.4) is 0 Å². The van der Waals surface area contributed by atoms with Crippen LogP contribution in [0.25, 0.3) is 0 Å². The van der Waals surface area contributed by atoms with Crippen LogP contribution in [0.15, 0.2) is 0 Å². The summed E-state index contributed by atoms with van der Waals surface area (Å²) in [7, 11) is 3.60. The minimum atomic E-state index is 0.684. The zero-order valence-corrected chi connectivity index (χ0v) is 9.95. The maximum absolute atomic E-state index is 5.32. The monoisotopic (exact) mass is 200 g/mol. The zero-order valence-electron chi connectivity index (χ0n) is 9.95. The Kier molecular flexibility index (Phi) is 4.90. The van der Waals surface area contributed by atoms with E-state index in [1.807, 2.05) is 0 Å². The van der Waals surface area contributed by atoms with Gasteiger partial charge in [-0.05, 0) is 30.1 Å². The Hall–Kier alpha value is -0.0800. The second-order valence-corrected chi connectivity index (χ2v) is 4.75. The van der Waals surface area contributed by atoms with Crippen molar-refractivity contribution >= 4 is 0 Å². The van der Waals surface area contributed by atoms with Crippen LogP contribution in [0.1, 0.15) is 26.7 Å². The van der Waals surface area contributed by atoms with Gasteiger partial charge in [-0.2, -0.15) is 0 Å². The van der Waals surface area contributed by atoms with Crippen molar-refractivity contribution in [3.05, 3.63) is 0 Å². The van der Waals surface area contributed by atoms with E-state index in [-0.39, 0.29) is 0 Å². The first-order valence-electron chi connectivity index (χ1n) is 5.68. The molecule has 1 fully saturated rings. The van der Waals surface area contributed by atoms with Crippen molar-refractivity contribution in [1.29, 1.82) is 0 Å². The summed E-state index contributed by atoms with van der Waals surface area (Å²) >= 11 is 0. The van der Waals surface area contributed by atoms with E-state index >= 15 is 0 Å². The lowest BCUT2D eigenvalue weighted by Crippen LogP contribution is -2.36. The third kappa shape index (κ3) is 2.71. The number of hydrogen-bond donors (Lipinski definition) is 0. The molecule has 4 unspecified atom stereocenters. The third-order valence-corrected chi connectivity index (χ3v) is 3.91. The number of methoxy groups -OCH3 is 2. The SMILES string of the molecule is COCC1CCC(C)C(C)C1COC. The molecule has 1 aliphatic carbocycles. The van der Waals surface area contributed by atoms with Crippen LogP contribution in [-0.4, -0.2) is 27.4 Å². The molecule has 1 saturated carbocycles. The first kappa shape index (κ1) is 12.0. The van der Waals surface area contributed by atoms with Gasteiger partial charge in [-0.1, -0.05) is 20.3 Å². The van der Waals surface area contributed by atoms with Crippen LogP contribution in [0.2, 0.25) is 0 Å². The van der Waals surface area contributed by atoms with E-state index in [1.54, 1.807) is 14.2 Å². The van der Waals surface area contributed by atoms with E-state index in [1.165, 1.54) is 12.8 Å². The van der Waals surface area contributed by atoms with Crippen molar-refractivity contribution in [2.24, 2.45) is 23.7 Å². The molecule has 2 heteroatoms. The molecule has 0 aromatic carbocycles. The molecule has 4 atom stereocenters. The van der Waals surface area contributed by atoms with E-state index in [2.05, 4.69) is 13.8 Å². The van der Waals surface area contributed by atoms with Gasteiger partial charge >= 0.3 is 0 Å². The van der Waals surface area contributed by atoms with Crippen molar-refractivity contribution in [2.75, 3.05) is 27.4 Å². The van der Waals surface area contributed by atoms with Gasteiger partial charge in [0.25, 0.3) is 0 Å². The fourth-order valence-electron chi connectivity index (χ4n) is 2.71. The fraction of sp³-hybridized carbons (Fsp3) is 1.00. The lowest BCUT2D eigenvalue weighted by molar-refractivity contribution is -0.000198. The fourth-order valence-corrected chi connectivity index (χ4v) is 2.71. The molecule has 0 aromatic rings. The maximum Gasteiger partial charge on any atom is 0.0496 e. The second-order valence-electron chi connectivity index (χ2n) is 4.75. The normalized spacial score (nSPS) is 38.6. The van der Waals surface area contributed by atoms with Gasteiger partial charge in [0.15, 0.2) is 0 Å². The molecule has 0 heterocycles. The highest BCUT2D eigenvalue weighted by atomic mass is 16.5. The molecule has 0 radical (unpaired) electrons. The molecule has 1 aliphatic rings. The summed E-state index contributed by atoms with van der Waals surface area (Å²) in [6.07, 6.45) is 2.64. The topological polar surface area (TPSA) is 18.5 Å². The molecule has 84 valence electrons. The molecule has 0 spiro atoms. The number of rotatable bonds is 4. The lowest BCUT2D eigenvalue weighted by Gasteiger charge is -2.39. The second kappa shape index (κ2) is 5.72. The average Bonchev–Trinajstić information content (AvgIpc) is 2.18. The first-order chi connectivity index (χ1) is 6.70. The molecule has 0 saturated heterocycles. The van der Waals surface area contributed by atoms with E-state index in [0.717, 1.165) is 25.0 Å². The Balaban J connectivity index is 2.56. The van der Waals surface area contributed by atoms with E-state index < -0.39 is 0 Å². The highest BCUT2D eigenvalue weighted by Crippen LogP contribution is 2.38. The minimum absolute atomic E-state index is 0.684. The van der Waals surface area contributed by atoms with Crippen molar-refractivity contribution in [1.82, 2.24) is 0 Å². The van der Waals surface area contributed by atoms with Crippen LogP contribution in [0.5, 0.6) is 0 Å². The Bertz CT molecular complexity index is 158. The number of hydrogen-bond acceptors (Lipinski definition) is 2. The Labute approximate surface area is 88.0 Å². The Morgan fingerprint density at radius 2 is 1.64 bits per heavy atom. The van der Waals surface area contributed by atoms with Gasteiger partial charge in [0.2, 0.25) is 0 Å². The van der Waals surface area contributed by atoms with E-state index in [9.17, 15) is 0 Å². The summed E-state index contributed by atoms with van der Waals surface area (Å²) in [5, 5.41) is 0. The van der Waals surface area contributed by atoms with Gasteiger partial charge in [-0.15, -0.1) is 0 Å². The smallest absolute Gasteiger partial charge is 0.0496 e. The van der Waals surface area contributed by atoms with E-state index in [4.69, 9.17) is 9.47 Å². The molecule has 0 aliphatic heterocycles. The molecule has 0 N–H and O–H groups in total. The summed E-state index contributed by atoms with van der Waals surface area (Å²) in [5.41, 5.74) is 0. The van der Waals surface area contributed by atoms with Gasteiger partial charge in [0, 0.05) is 27.4 Å². The molecular formula is C12H24O2. The van der Waals surface area contributed by atoms with Crippen molar-refractivity contribution in [3.63, 3.8) is 0 Å². The van der Waals surface area contributed by atoms with Crippen LogP contribution >= 0.6 is 0 Å². The van der Waals surface area contributed by atoms with Gasteiger partial charge in [-0.3, -0.25) is 0 Å². The summed E-state index contributed by atoms with van der Waals surface area (Å²) < 4.78 is 10.6. The lowest BCUT2D eigenvalue weighted by atomic mass is 9.68. The quantitative estimate of drug-likeness (QED) is 0.694. The molecule has 2 nitrogen and oxygen atoms in total. The zero-order chi connectivity index (χ0) is 10.6. The number of ether oxygens (including phenoxy) is 2. The summed E-state index contributed by atoms with van der Waals surface area (Å²) in [6, 6.07) is 0. The molecule has 0 aromatic heterocycles. The summed E-state index contributed by atoms with van der Waals surface area (Å²) in [5.74, 6) is 2.99. The van der Waals surface area contributed by atoms with Crippen LogP contribution in [0, 0.1) is 23.7 Å². The first-order valence-corrected chi connectivity index (χ1v) is 5.68. The Morgan fingerprint density at radius 3 is 2.21 bits per heavy atom. The molecule has 0 amide bonds. The predicted molar refractivity (Wildman–Crippen MR) is 58.3 cm³/mol. The Morgan fingerprint density at radius 1 is 1.00 bits per heavy atom. The van der Waals surface area contributed by atoms with Gasteiger partial charge in [0.1, 0.15) is 0 Å². The largest absolute Gasteiger partial charge is 0.384 e. The third-order valence-electron chi connectivity index (χ3n) is 3.91. The summed E-state index contributed by atoms with van der Waals surface area (Å²) in [4.78, 5) is 0. The molecular weight excluding hydrogens is 176 g/mol. The maximum atomic E-state index is 5.32. The standard InChI is InChI=1S/C12H24O2/c1-9-5-6-11(7-13-3)12(8-14-4)10(9)2/h9-12H,5-8H2,1-4H3. The van der Waals surface area contributed by atoms with Crippen molar-refractivity contribution < 1.29 is 9.47 Å². The van der Waals surface area contributed by atoms with Crippen LogP contribution in [-0.2, 0) is 9.47 Å². The van der Waals surface area contributed by atoms with Gasteiger partial charge in [-0.25, -0.2) is 0 Å². The summed E-state index contributed by atoms with van der Waals surface area (Å²) in [6.45, 7) is 6.50. The highest BCUT2D eigenvalue weighted by molar-refractivity contribution is 4.83. The van der Waals surface area contributed by atoms with Crippen LogP contribution in [0.4, 0.5) is 0 Å². The molecule has 14 heavy (non-hydrogen) atoms. The predicted octanol–water partition coefficient (Wildman–Crippen LogP) is 2.58. The average molecular weight is 200 g/mol. The van der Waals surface area contributed by atoms with Crippen LogP contribution < -0.4 is 0 Å². The van der Waals surface area contributed by atoms with E-state index in [0.29, 0.717) is 11.8 Å². The molecule has 0 bridgehead atoms. The minimum Gasteiger partial charge on any atom is -0.384 e. The van der Waals surface area contributed by atoms with Gasteiger partial charge < -0.3 is 9.47 Å². The van der Waals surface area contributed by atoms with Crippen molar-refractivity contribution in [3.8, 4) is 0 Å². The van der Waals surface area contributed by atoms with Gasteiger partial charge in [0.05, 0.1) is 0 Å².